The lowest BCUT2D eigenvalue weighted by molar-refractivity contribution is 0.0879. The zero-order valence-corrected chi connectivity index (χ0v) is 9.75. The lowest BCUT2D eigenvalue weighted by atomic mass is 10.1. The van der Waals surface area contributed by atoms with Gasteiger partial charge < -0.3 is 0 Å². The first-order valence-corrected chi connectivity index (χ1v) is 5.65. The second kappa shape index (κ2) is 6.05. The molecule has 1 N–H and O–H groups in total. The Morgan fingerprint density at radius 1 is 0.938 bits per heavy atom. The van der Waals surface area contributed by atoms with Gasteiger partial charge in [0.05, 0.1) is 11.1 Å². The van der Waals surface area contributed by atoms with Crippen molar-refractivity contribution in [3.8, 4) is 0 Å². The molecule has 1 aliphatic rings. The molecule has 16 heavy (non-hydrogen) atoms. The van der Waals surface area contributed by atoms with Crippen molar-refractivity contribution in [3.63, 3.8) is 0 Å². The third kappa shape index (κ3) is 2.92. The van der Waals surface area contributed by atoms with Crippen LogP contribution in [0.2, 0.25) is 0 Å². The van der Waals surface area contributed by atoms with Gasteiger partial charge in [-0.15, -0.1) is 0 Å². The molecule has 1 aromatic rings. The highest BCUT2D eigenvalue weighted by atomic mass is 16.2. The van der Waals surface area contributed by atoms with E-state index >= 15 is 0 Å². The maximum Gasteiger partial charge on any atom is 0.258 e. The second-order valence-electron chi connectivity index (χ2n) is 3.68. The first-order chi connectivity index (χ1) is 7.70. The van der Waals surface area contributed by atoms with Gasteiger partial charge in [0.25, 0.3) is 11.8 Å². The van der Waals surface area contributed by atoms with Gasteiger partial charge in [-0.3, -0.25) is 14.9 Å². The number of carbonyl (C=O) groups excluding carboxylic acids is 2. The van der Waals surface area contributed by atoms with Crippen molar-refractivity contribution in [1.82, 2.24) is 5.32 Å². The third-order valence-corrected chi connectivity index (χ3v) is 2.35. The molecule has 0 saturated carbocycles. The zero-order chi connectivity index (χ0) is 12.0. The Hall–Kier alpha value is -1.64. The highest BCUT2D eigenvalue weighted by molar-refractivity contribution is 6.21. The van der Waals surface area contributed by atoms with Crippen LogP contribution < -0.4 is 5.32 Å². The normalized spacial score (nSPS) is 12.6. The number of benzene rings is 1. The molecule has 1 aliphatic heterocycles. The molecule has 0 bridgehead atoms. The van der Waals surface area contributed by atoms with Crippen LogP contribution in [0.3, 0.4) is 0 Å². The molecule has 0 unspecified atom stereocenters. The molecule has 0 atom stereocenters. The Morgan fingerprint density at radius 3 is 1.69 bits per heavy atom. The standard InChI is InChI=1S/C8H5NO2.C5H12/c10-7-5-3-1-2-4-6(5)8(11)9-7;1-3-5-4-2/h1-4H,(H,9,10,11);3-5H2,1-2H3. The summed E-state index contributed by atoms with van der Waals surface area (Å²) in [6.45, 7) is 4.42. The fourth-order valence-corrected chi connectivity index (χ4v) is 1.47. The number of imide groups is 1. The second-order valence-corrected chi connectivity index (χ2v) is 3.68. The van der Waals surface area contributed by atoms with E-state index in [0.29, 0.717) is 11.1 Å². The van der Waals surface area contributed by atoms with E-state index in [1.807, 2.05) is 0 Å². The van der Waals surface area contributed by atoms with E-state index in [9.17, 15) is 9.59 Å². The Kier molecular flexibility index (Phi) is 4.70. The molecule has 0 fully saturated rings. The zero-order valence-electron chi connectivity index (χ0n) is 9.75. The molecular formula is C13H17NO2. The van der Waals surface area contributed by atoms with Crippen molar-refractivity contribution >= 4 is 11.8 Å². The maximum absolute atomic E-state index is 10.9. The summed E-state index contributed by atoms with van der Waals surface area (Å²) in [6.07, 6.45) is 4.08. The van der Waals surface area contributed by atoms with Crippen LogP contribution in [-0.2, 0) is 0 Å². The van der Waals surface area contributed by atoms with E-state index in [0.717, 1.165) is 0 Å². The van der Waals surface area contributed by atoms with E-state index in [2.05, 4.69) is 19.2 Å². The van der Waals surface area contributed by atoms with Crippen LogP contribution >= 0.6 is 0 Å². The van der Waals surface area contributed by atoms with Gasteiger partial charge in [-0.05, 0) is 12.1 Å². The van der Waals surface area contributed by atoms with Crippen LogP contribution in [0.25, 0.3) is 0 Å². The number of rotatable bonds is 2. The van der Waals surface area contributed by atoms with Crippen molar-refractivity contribution < 1.29 is 9.59 Å². The summed E-state index contributed by atoms with van der Waals surface area (Å²) in [7, 11) is 0. The number of unbranched alkanes of at least 4 members (excludes halogenated alkanes) is 2. The summed E-state index contributed by atoms with van der Waals surface area (Å²) in [6, 6.07) is 6.74. The van der Waals surface area contributed by atoms with Gasteiger partial charge >= 0.3 is 0 Å². The molecule has 3 nitrogen and oxygen atoms in total. The fraction of sp³-hybridized carbons (Fsp3) is 0.385. The SMILES string of the molecule is CCCCC.O=C1NC(=O)c2ccccc21. The van der Waals surface area contributed by atoms with Gasteiger partial charge in [0.15, 0.2) is 0 Å². The van der Waals surface area contributed by atoms with E-state index in [4.69, 9.17) is 0 Å². The Bertz CT molecular complexity index is 350. The van der Waals surface area contributed by atoms with Crippen LogP contribution in [0, 0.1) is 0 Å². The van der Waals surface area contributed by atoms with Crippen LogP contribution in [-0.4, -0.2) is 11.8 Å². The predicted octanol–water partition coefficient (Wildman–Crippen LogP) is 2.77. The lowest BCUT2D eigenvalue weighted by Gasteiger charge is -1.88. The van der Waals surface area contributed by atoms with Gasteiger partial charge in [-0.25, -0.2) is 0 Å². The van der Waals surface area contributed by atoms with Gasteiger partial charge in [0, 0.05) is 0 Å². The Morgan fingerprint density at radius 2 is 1.38 bits per heavy atom. The summed E-state index contributed by atoms with van der Waals surface area (Å²) in [5.41, 5.74) is 0.940. The first kappa shape index (κ1) is 12.4. The Balaban J connectivity index is 0.000000221. The minimum atomic E-state index is -0.300. The fourth-order valence-electron chi connectivity index (χ4n) is 1.47. The summed E-state index contributed by atoms with van der Waals surface area (Å²) >= 11 is 0. The molecule has 2 rings (SSSR count). The predicted molar refractivity (Wildman–Crippen MR) is 63.4 cm³/mol. The van der Waals surface area contributed by atoms with E-state index in [-0.39, 0.29) is 11.8 Å². The quantitative estimate of drug-likeness (QED) is 0.777. The number of hydrogen-bond donors (Lipinski definition) is 1. The monoisotopic (exact) mass is 219 g/mol. The summed E-state index contributed by atoms with van der Waals surface area (Å²) in [5, 5.41) is 2.20. The first-order valence-electron chi connectivity index (χ1n) is 5.65. The number of hydrogen-bond acceptors (Lipinski definition) is 2. The molecule has 86 valence electrons. The molecule has 3 heteroatoms. The molecule has 0 saturated heterocycles. The smallest absolute Gasteiger partial charge is 0.258 e. The molecule has 1 aromatic carbocycles. The molecule has 1 heterocycles. The molecule has 0 radical (unpaired) electrons. The van der Waals surface area contributed by atoms with Crippen LogP contribution in [0.1, 0.15) is 53.8 Å². The van der Waals surface area contributed by atoms with Crippen LogP contribution in [0.5, 0.6) is 0 Å². The maximum atomic E-state index is 10.9. The molecule has 2 amide bonds. The van der Waals surface area contributed by atoms with E-state index < -0.39 is 0 Å². The number of carbonyl (C=O) groups is 2. The highest BCUT2D eigenvalue weighted by Crippen LogP contribution is 2.13. The van der Waals surface area contributed by atoms with Crippen molar-refractivity contribution in [2.75, 3.05) is 0 Å². The molecule has 0 aromatic heterocycles. The highest BCUT2D eigenvalue weighted by Gasteiger charge is 2.25. The minimum absolute atomic E-state index is 0.300. The van der Waals surface area contributed by atoms with E-state index in [1.165, 1.54) is 19.3 Å². The number of amides is 2. The summed E-state index contributed by atoms with van der Waals surface area (Å²) in [5.74, 6) is -0.601. The van der Waals surface area contributed by atoms with Crippen molar-refractivity contribution in [3.05, 3.63) is 35.4 Å². The van der Waals surface area contributed by atoms with Gasteiger partial charge in [-0.1, -0.05) is 45.2 Å². The third-order valence-electron chi connectivity index (χ3n) is 2.35. The average Bonchev–Trinajstić information content (AvgIpc) is 2.58. The average molecular weight is 219 g/mol. The van der Waals surface area contributed by atoms with Crippen LogP contribution in [0.4, 0.5) is 0 Å². The van der Waals surface area contributed by atoms with Crippen LogP contribution in [0.15, 0.2) is 24.3 Å². The summed E-state index contributed by atoms with van der Waals surface area (Å²) in [4.78, 5) is 21.9. The van der Waals surface area contributed by atoms with Gasteiger partial charge in [0.1, 0.15) is 0 Å². The number of nitrogens with one attached hydrogen (secondary N) is 1. The number of fused-ring (bicyclic) bond motifs is 1. The molecule has 0 spiro atoms. The lowest BCUT2D eigenvalue weighted by Crippen LogP contribution is -2.19. The topological polar surface area (TPSA) is 46.2 Å². The summed E-state index contributed by atoms with van der Waals surface area (Å²) < 4.78 is 0. The van der Waals surface area contributed by atoms with E-state index in [1.54, 1.807) is 24.3 Å². The largest absolute Gasteiger partial charge is 0.288 e. The molecular weight excluding hydrogens is 202 g/mol. The Labute approximate surface area is 95.9 Å². The van der Waals surface area contributed by atoms with Gasteiger partial charge in [-0.2, -0.15) is 0 Å². The van der Waals surface area contributed by atoms with Gasteiger partial charge in [0.2, 0.25) is 0 Å². The van der Waals surface area contributed by atoms with Crippen molar-refractivity contribution in [2.24, 2.45) is 0 Å². The van der Waals surface area contributed by atoms with Crippen molar-refractivity contribution in [2.45, 2.75) is 33.1 Å². The molecule has 0 aliphatic carbocycles. The minimum Gasteiger partial charge on any atom is -0.288 e. The van der Waals surface area contributed by atoms with Crippen molar-refractivity contribution in [1.29, 1.82) is 0 Å².